The van der Waals surface area contributed by atoms with E-state index in [-0.39, 0.29) is 22.6 Å². The normalized spacial score (nSPS) is 14.2. The molecule has 9 heteroatoms. The van der Waals surface area contributed by atoms with Crippen molar-refractivity contribution >= 4 is 15.7 Å². The smallest absolute Gasteiger partial charge is 0.298 e. The highest BCUT2D eigenvalue weighted by Crippen LogP contribution is 2.32. The maximum atomic E-state index is 14.7. The van der Waals surface area contributed by atoms with E-state index in [9.17, 15) is 26.0 Å². The first-order chi connectivity index (χ1) is 19.1. The molecule has 0 atom stereocenters. The fourth-order valence-electron chi connectivity index (χ4n) is 5.17. The van der Waals surface area contributed by atoms with E-state index in [1.54, 1.807) is 24.3 Å². The largest absolute Gasteiger partial charge is 0.416 e. The number of unbranched alkanes of at least 4 members (excludes halogenated alkanes) is 4. The van der Waals surface area contributed by atoms with E-state index in [2.05, 4.69) is 16.5 Å². The molecule has 4 nitrogen and oxygen atoms in total. The van der Waals surface area contributed by atoms with E-state index in [0.717, 1.165) is 54.9 Å². The fourth-order valence-corrected chi connectivity index (χ4v) is 6.29. The first kappa shape index (κ1) is 30.1. The Morgan fingerprint density at radius 2 is 1.68 bits per heavy atom. The number of nitrogens with one attached hydrogen (secondary N) is 1. The standard InChI is InChI=1S/C31H36F4N2O2S/c1-2-3-4-5-6-9-23-12-15-30(29(32)20-23)36-40(38,39)27-14-13-26-22-37(19-17-25(26)21-27)18-16-24-10-7-8-11-28(24)31(33,34)35/h7-8,10-15,20-21,36H,2-6,9,16-19,22H2,1H3. The summed E-state index contributed by atoms with van der Waals surface area (Å²) in [6.45, 7) is 3.74. The van der Waals surface area contributed by atoms with Crippen LogP contribution in [0.15, 0.2) is 65.6 Å². The summed E-state index contributed by atoms with van der Waals surface area (Å²) in [4.78, 5) is 2.13. The van der Waals surface area contributed by atoms with Gasteiger partial charge >= 0.3 is 6.18 Å². The van der Waals surface area contributed by atoms with E-state index in [0.29, 0.717) is 26.1 Å². The number of sulfonamides is 1. The summed E-state index contributed by atoms with van der Waals surface area (Å²) in [5.41, 5.74) is 2.22. The number of anilines is 1. The summed E-state index contributed by atoms with van der Waals surface area (Å²) in [5.74, 6) is -0.602. The van der Waals surface area contributed by atoms with Crippen molar-refractivity contribution in [1.29, 1.82) is 0 Å². The molecule has 1 aliphatic rings. The molecule has 0 unspecified atom stereocenters. The lowest BCUT2D eigenvalue weighted by Gasteiger charge is -2.29. The Hall–Kier alpha value is -2.91. The number of nitrogens with zero attached hydrogens (tertiary/aromatic N) is 1. The summed E-state index contributed by atoms with van der Waals surface area (Å²) >= 11 is 0. The molecule has 0 spiro atoms. The molecule has 0 aromatic heterocycles. The Morgan fingerprint density at radius 1 is 0.900 bits per heavy atom. The van der Waals surface area contributed by atoms with Crippen LogP contribution in [0.4, 0.5) is 23.2 Å². The average Bonchev–Trinajstić information content (AvgIpc) is 2.92. The molecule has 216 valence electrons. The summed E-state index contributed by atoms with van der Waals surface area (Å²) in [6.07, 6.45) is 2.78. The van der Waals surface area contributed by atoms with Gasteiger partial charge in [-0.1, -0.05) is 62.9 Å². The van der Waals surface area contributed by atoms with Crippen molar-refractivity contribution in [2.45, 2.75) is 75.9 Å². The third-order valence-electron chi connectivity index (χ3n) is 7.45. The highest BCUT2D eigenvalue weighted by Gasteiger charge is 2.33. The molecule has 3 aromatic rings. The van der Waals surface area contributed by atoms with Gasteiger partial charge in [0.05, 0.1) is 16.1 Å². The van der Waals surface area contributed by atoms with Crippen molar-refractivity contribution in [3.05, 3.63) is 94.3 Å². The number of rotatable bonds is 12. The van der Waals surface area contributed by atoms with Gasteiger partial charge in [-0.05, 0) is 78.3 Å². The van der Waals surface area contributed by atoms with Crippen molar-refractivity contribution in [2.24, 2.45) is 0 Å². The van der Waals surface area contributed by atoms with Crippen LogP contribution >= 0.6 is 0 Å². The molecular formula is C31H36F4N2O2S. The molecule has 0 saturated carbocycles. The molecule has 0 saturated heterocycles. The average molecular weight is 577 g/mol. The van der Waals surface area contributed by atoms with Gasteiger partial charge in [0.2, 0.25) is 0 Å². The van der Waals surface area contributed by atoms with E-state index in [4.69, 9.17) is 0 Å². The van der Waals surface area contributed by atoms with Crippen LogP contribution in [0.25, 0.3) is 0 Å². The third-order valence-corrected chi connectivity index (χ3v) is 8.81. The number of hydrogen-bond donors (Lipinski definition) is 1. The van der Waals surface area contributed by atoms with Gasteiger partial charge < -0.3 is 0 Å². The van der Waals surface area contributed by atoms with Crippen LogP contribution in [0.1, 0.15) is 66.8 Å². The molecule has 1 N–H and O–H groups in total. The Morgan fingerprint density at radius 3 is 2.42 bits per heavy atom. The number of alkyl halides is 3. The minimum absolute atomic E-state index is 0.0539. The van der Waals surface area contributed by atoms with Crippen LogP contribution in [0, 0.1) is 5.82 Å². The Balaban J connectivity index is 1.36. The van der Waals surface area contributed by atoms with Crippen LogP contribution in [-0.2, 0) is 42.0 Å². The second-order valence-electron chi connectivity index (χ2n) is 10.4. The lowest BCUT2D eigenvalue weighted by atomic mass is 9.98. The van der Waals surface area contributed by atoms with Gasteiger partial charge in [0, 0.05) is 19.6 Å². The molecule has 1 heterocycles. The first-order valence-corrected chi connectivity index (χ1v) is 15.4. The van der Waals surface area contributed by atoms with Crippen LogP contribution in [0.3, 0.4) is 0 Å². The number of fused-ring (bicyclic) bond motifs is 1. The monoisotopic (exact) mass is 576 g/mol. The predicted molar refractivity (Wildman–Crippen MR) is 150 cm³/mol. The summed E-state index contributed by atoms with van der Waals surface area (Å²) in [6, 6.07) is 15.1. The van der Waals surface area contributed by atoms with Crippen molar-refractivity contribution in [1.82, 2.24) is 4.90 Å². The van der Waals surface area contributed by atoms with Crippen molar-refractivity contribution in [3.63, 3.8) is 0 Å². The molecule has 0 bridgehead atoms. The Kier molecular flexibility index (Phi) is 9.90. The lowest BCUT2D eigenvalue weighted by molar-refractivity contribution is -0.138. The quantitative estimate of drug-likeness (QED) is 0.177. The molecule has 3 aromatic carbocycles. The molecule has 0 radical (unpaired) electrons. The predicted octanol–water partition coefficient (Wildman–Crippen LogP) is 7.76. The fraction of sp³-hybridized carbons (Fsp3) is 0.419. The third kappa shape index (κ3) is 7.85. The molecule has 1 aliphatic heterocycles. The zero-order valence-electron chi connectivity index (χ0n) is 22.7. The Labute approximate surface area is 234 Å². The summed E-state index contributed by atoms with van der Waals surface area (Å²) in [7, 11) is -4.00. The minimum Gasteiger partial charge on any atom is -0.298 e. The van der Waals surface area contributed by atoms with Gasteiger partial charge in [0.15, 0.2) is 0 Å². The zero-order valence-corrected chi connectivity index (χ0v) is 23.6. The zero-order chi connectivity index (χ0) is 28.8. The molecule has 0 aliphatic carbocycles. The summed E-state index contributed by atoms with van der Waals surface area (Å²) in [5, 5.41) is 0. The van der Waals surface area contributed by atoms with Gasteiger partial charge in [0.1, 0.15) is 5.82 Å². The van der Waals surface area contributed by atoms with Crippen molar-refractivity contribution < 1.29 is 26.0 Å². The highest BCUT2D eigenvalue weighted by atomic mass is 32.2. The number of hydrogen-bond acceptors (Lipinski definition) is 3. The van der Waals surface area contributed by atoms with E-state index < -0.39 is 27.6 Å². The second kappa shape index (κ2) is 13.2. The lowest BCUT2D eigenvalue weighted by Crippen LogP contribution is -2.32. The molecule has 4 rings (SSSR count). The molecule has 0 fully saturated rings. The van der Waals surface area contributed by atoms with Crippen molar-refractivity contribution in [2.75, 3.05) is 17.8 Å². The number of halogens is 4. The Bertz CT molecular complexity index is 1410. The number of aryl methyl sites for hydroxylation is 1. The van der Waals surface area contributed by atoms with Crippen LogP contribution < -0.4 is 4.72 Å². The van der Waals surface area contributed by atoms with Gasteiger partial charge in [-0.2, -0.15) is 13.2 Å². The second-order valence-corrected chi connectivity index (χ2v) is 12.1. The van der Waals surface area contributed by atoms with E-state index >= 15 is 0 Å². The summed E-state index contributed by atoms with van der Waals surface area (Å²) < 4.78 is 83.2. The van der Waals surface area contributed by atoms with Crippen LogP contribution in [-0.4, -0.2) is 26.4 Å². The number of benzene rings is 3. The molecular weight excluding hydrogens is 540 g/mol. The van der Waals surface area contributed by atoms with Crippen LogP contribution in [0.5, 0.6) is 0 Å². The van der Waals surface area contributed by atoms with Crippen molar-refractivity contribution in [3.8, 4) is 0 Å². The van der Waals surface area contributed by atoms with E-state index in [1.165, 1.54) is 36.8 Å². The molecule has 0 amide bonds. The van der Waals surface area contributed by atoms with Gasteiger partial charge in [-0.3, -0.25) is 9.62 Å². The van der Waals surface area contributed by atoms with Gasteiger partial charge in [-0.25, -0.2) is 12.8 Å². The van der Waals surface area contributed by atoms with Gasteiger partial charge in [0.25, 0.3) is 10.0 Å². The highest BCUT2D eigenvalue weighted by molar-refractivity contribution is 7.92. The van der Waals surface area contributed by atoms with Crippen LogP contribution in [0.2, 0.25) is 0 Å². The van der Waals surface area contributed by atoms with Gasteiger partial charge in [-0.15, -0.1) is 0 Å². The first-order valence-electron chi connectivity index (χ1n) is 13.9. The SMILES string of the molecule is CCCCCCCc1ccc(NS(=O)(=O)c2ccc3c(c2)CCN(CCc2ccccc2C(F)(F)F)C3)c(F)c1. The maximum absolute atomic E-state index is 14.7. The van der Waals surface area contributed by atoms with E-state index in [1.807, 2.05) is 0 Å². The topological polar surface area (TPSA) is 49.4 Å². The molecule has 40 heavy (non-hydrogen) atoms. The minimum atomic E-state index is -4.39. The maximum Gasteiger partial charge on any atom is 0.416 e.